The Morgan fingerprint density at radius 3 is 1.68 bits per heavy atom. The first-order valence-corrected chi connectivity index (χ1v) is 15.6. The Morgan fingerprint density at radius 1 is 0.723 bits per heavy atom. The number of nitrogens with one attached hydrogen (secondary N) is 1. The van der Waals surface area contributed by atoms with Gasteiger partial charge in [-0.15, -0.1) is 0 Å². The van der Waals surface area contributed by atoms with Gasteiger partial charge in [0.15, 0.2) is 0 Å². The summed E-state index contributed by atoms with van der Waals surface area (Å²) >= 11 is 0. The van der Waals surface area contributed by atoms with Gasteiger partial charge in [-0.05, 0) is 38.9 Å². The number of carboxylic acids is 1. The number of fused-ring (bicyclic) bond motifs is 3. The summed E-state index contributed by atoms with van der Waals surface area (Å²) in [6.45, 7) is 0.0833. The number of ether oxygens (including phenoxy) is 1. The number of carbonyl (C=O) groups is 2. The number of carbonyl (C=O) groups excluding carboxylic acids is 1. The van der Waals surface area contributed by atoms with E-state index in [0.717, 1.165) is 38.9 Å². The molecule has 1 aliphatic carbocycles. The molecule has 1 aliphatic rings. The molecular weight excluding hydrogens is 586 g/mol. The van der Waals surface area contributed by atoms with Crippen LogP contribution in [-0.4, -0.2) is 39.4 Å². The van der Waals surface area contributed by atoms with E-state index < -0.39 is 23.6 Å². The molecule has 0 bridgehead atoms. The summed E-state index contributed by atoms with van der Waals surface area (Å²) in [6, 6.07) is 45.1. The molecule has 0 fully saturated rings. The summed E-state index contributed by atoms with van der Waals surface area (Å²) in [4.78, 5) is 30.5. The molecule has 0 spiro atoms. The Hall–Kier alpha value is -5.95. The monoisotopic (exact) mass is 619 g/mol. The van der Waals surface area contributed by atoms with Gasteiger partial charge < -0.3 is 19.7 Å². The van der Waals surface area contributed by atoms with Crippen molar-refractivity contribution >= 4 is 12.1 Å². The number of aliphatic carboxylic acids is 1. The molecule has 7 nitrogen and oxygen atoms in total. The number of hydrogen-bond acceptors (Lipinski definition) is 4. The number of alkyl carbamates (subject to hydrolysis) is 1. The average Bonchev–Trinajstić information content (AvgIpc) is 3.71. The van der Waals surface area contributed by atoms with Gasteiger partial charge >= 0.3 is 12.1 Å². The van der Waals surface area contributed by atoms with E-state index >= 15 is 0 Å². The van der Waals surface area contributed by atoms with Gasteiger partial charge in [0.2, 0.25) is 0 Å². The van der Waals surface area contributed by atoms with E-state index in [1.54, 1.807) is 6.20 Å². The third-order valence-corrected chi connectivity index (χ3v) is 8.97. The van der Waals surface area contributed by atoms with Crippen LogP contribution >= 0.6 is 0 Å². The summed E-state index contributed by atoms with van der Waals surface area (Å²) in [6.07, 6.45) is 2.68. The molecule has 47 heavy (non-hydrogen) atoms. The molecule has 7 rings (SSSR count). The standard InChI is InChI=1S/C40H33N3O4/c44-38(45)36(42-39(46)47-27-35-33-22-12-10-20-31(33)32-21-11-13-23-34(32)35)26-37-41-24-25-43(37)40(28-14-4-1-5-15-28,29-16-6-2-7-17-29)30-18-8-3-9-19-30/h1-25,35-36H,26-27H2,(H,42,46)(H,44,45). The molecular formula is C40H33N3O4. The largest absolute Gasteiger partial charge is 0.480 e. The van der Waals surface area contributed by atoms with E-state index in [1.165, 1.54) is 0 Å². The lowest BCUT2D eigenvalue weighted by Gasteiger charge is -2.38. The van der Waals surface area contributed by atoms with Crippen LogP contribution in [0.3, 0.4) is 0 Å². The number of amides is 1. The number of aromatic nitrogens is 2. The number of imidazole rings is 1. The quantitative estimate of drug-likeness (QED) is 0.158. The molecule has 1 atom stereocenters. The third-order valence-electron chi connectivity index (χ3n) is 8.97. The van der Waals surface area contributed by atoms with Crippen LogP contribution in [0.2, 0.25) is 0 Å². The molecule has 1 amide bonds. The molecule has 0 saturated carbocycles. The minimum atomic E-state index is -1.29. The van der Waals surface area contributed by atoms with E-state index in [2.05, 4.69) is 58.8 Å². The van der Waals surface area contributed by atoms with Crippen LogP contribution in [0.4, 0.5) is 4.79 Å². The van der Waals surface area contributed by atoms with Gasteiger partial charge in [-0.1, -0.05) is 140 Å². The minimum absolute atomic E-state index is 0.0687. The van der Waals surface area contributed by atoms with Gasteiger partial charge in [0, 0.05) is 24.7 Å². The van der Waals surface area contributed by atoms with Crippen molar-refractivity contribution in [2.24, 2.45) is 0 Å². The highest BCUT2D eigenvalue weighted by Gasteiger charge is 2.40. The van der Waals surface area contributed by atoms with E-state index in [-0.39, 0.29) is 18.9 Å². The molecule has 0 saturated heterocycles. The molecule has 232 valence electrons. The highest BCUT2D eigenvalue weighted by molar-refractivity contribution is 5.81. The lowest BCUT2D eigenvalue weighted by molar-refractivity contribution is -0.139. The maximum absolute atomic E-state index is 13.2. The SMILES string of the molecule is O=C(NC(Cc1nccn1C(c1ccccc1)(c1ccccc1)c1ccccc1)C(=O)O)OCC1c2ccccc2-c2ccccc21. The maximum atomic E-state index is 13.2. The zero-order valence-electron chi connectivity index (χ0n) is 25.6. The average molecular weight is 620 g/mol. The number of carboxylic acid groups (broad SMARTS) is 1. The summed E-state index contributed by atoms with van der Waals surface area (Å²) in [5, 5.41) is 12.9. The Bertz CT molecular complexity index is 1870. The van der Waals surface area contributed by atoms with Gasteiger partial charge in [-0.2, -0.15) is 0 Å². The summed E-state index contributed by atoms with van der Waals surface area (Å²) in [5.41, 5.74) is 6.46. The van der Waals surface area contributed by atoms with Gasteiger partial charge in [0.1, 0.15) is 24.0 Å². The minimum Gasteiger partial charge on any atom is -0.480 e. The molecule has 6 aromatic rings. The predicted octanol–water partition coefficient (Wildman–Crippen LogP) is 7.26. The van der Waals surface area contributed by atoms with Crippen molar-refractivity contribution in [2.45, 2.75) is 23.9 Å². The Kier molecular flexibility index (Phi) is 8.11. The second kappa shape index (κ2) is 12.8. The fourth-order valence-electron chi connectivity index (χ4n) is 6.91. The summed E-state index contributed by atoms with van der Waals surface area (Å²) in [5.74, 6) is -0.829. The van der Waals surface area contributed by atoms with Crippen molar-refractivity contribution in [1.82, 2.24) is 14.9 Å². The number of nitrogens with zero attached hydrogens (tertiary/aromatic N) is 2. The van der Waals surface area contributed by atoms with Crippen LogP contribution in [0.5, 0.6) is 0 Å². The first-order valence-electron chi connectivity index (χ1n) is 15.6. The smallest absolute Gasteiger partial charge is 0.407 e. The zero-order valence-corrected chi connectivity index (χ0v) is 25.6. The Labute approximate surface area is 273 Å². The topological polar surface area (TPSA) is 93.5 Å². The van der Waals surface area contributed by atoms with Crippen LogP contribution in [0.1, 0.15) is 39.6 Å². The number of rotatable bonds is 10. The van der Waals surface area contributed by atoms with Gasteiger partial charge in [0.05, 0.1) is 0 Å². The van der Waals surface area contributed by atoms with E-state index in [4.69, 9.17) is 4.74 Å². The number of benzene rings is 5. The van der Waals surface area contributed by atoms with Crippen molar-refractivity contribution in [2.75, 3.05) is 6.61 Å². The predicted molar refractivity (Wildman–Crippen MR) is 180 cm³/mol. The van der Waals surface area contributed by atoms with Gasteiger partial charge in [-0.3, -0.25) is 0 Å². The fraction of sp³-hybridized carbons (Fsp3) is 0.125. The molecule has 0 radical (unpaired) electrons. The molecule has 1 aromatic heterocycles. The molecule has 1 heterocycles. The Morgan fingerprint density at radius 2 is 1.19 bits per heavy atom. The molecule has 2 N–H and O–H groups in total. The van der Waals surface area contributed by atoms with Crippen molar-refractivity contribution < 1.29 is 19.4 Å². The lowest BCUT2D eigenvalue weighted by atomic mass is 9.76. The fourth-order valence-corrected chi connectivity index (χ4v) is 6.91. The van der Waals surface area contributed by atoms with Crippen molar-refractivity contribution in [3.05, 3.63) is 186 Å². The molecule has 7 heteroatoms. The highest BCUT2D eigenvalue weighted by atomic mass is 16.5. The second-order valence-electron chi connectivity index (χ2n) is 11.6. The van der Waals surface area contributed by atoms with Crippen LogP contribution < -0.4 is 5.32 Å². The van der Waals surface area contributed by atoms with Crippen LogP contribution in [0.15, 0.2) is 152 Å². The summed E-state index contributed by atoms with van der Waals surface area (Å²) < 4.78 is 7.72. The van der Waals surface area contributed by atoms with E-state index in [9.17, 15) is 14.7 Å². The zero-order chi connectivity index (χ0) is 32.2. The molecule has 1 unspecified atom stereocenters. The highest BCUT2D eigenvalue weighted by Crippen LogP contribution is 2.45. The van der Waals surface area contributed by atoms with Crippen molar-refractivity contribution in [3.8, 4) is 11.1 Å². The first kappa shape index (κ1) is 29.7. The lowest BCUT2D eigenvalue weighted by Crippen LogP contribution is -2.45. The van der Waals surface area contributed by atoms with Crippen molar-refractivity contribution in [1.29, 1.82) is 0 Å². The van der Waals surface area contributed by atoms with Crippen LogP contribution in [0.25, 0.3) is 11.1 Å². The third kappa shape index (κ3) is 5.46. The summed E-state index contributed by atoms with van der Waals surface area (Å²) in [7, 11) is 0. The van der Waals surface area contributed by atoms with Crippen LogP contribution in [0, 0.1) is 0 Å². The second-order valence-corrected chi connectivity index (χ2v) is 11.6. The van der Waals surface area contributed by atoms with Crippen LogP contribution in [-0.2, 0) is 21.5 Å². The molecule has 0 aliphatic heterocycles. The van der Waals surface area contributed by atoms with Gasteiger partial charge in [0.25, 0.3) is 0 Å². The number of hydrogen-bond donors (Lipinski definition) is 2. The van der Waals surface area contributed by atoms with E-state index in [0.29, 0.717) is 5.82 Å². The first-order chi connectivity index (χ1) is 23.1. The normalized spacial score (nSPS) is 12.9. The van der Waals surface area contributed by atoms with Gasteiger partial charge in [-0.25, -0.2) is 14.6 Å². The van der Waals surface area contributed by atoms with Crippen molar-refractivity contribution in [3.63, 3.8) is 0 Å². The Balaban J connectivity index is 1.19. The molecule has 5 aromatic carbocycles. The maximum Gasteiger partial charge on any atom is 0.407 e. The van der Waals surface area contributed by atoms with E-state index in [1.807, 2.05) is 102 Å².